The Bertz CT molecular complexity index is 767. The lowest BCUT2D eigenvalue weighted by Crippen LogP contribution is -2.48. The predicted molar refractivity (Wildman–Crippen MR) is 109 cm³/mol. The monoisotopic (exact) mass is 381 g/mol. The van der Waals surface area contributed by atoms with E-state index in [1.165, 1.54) is 5.56 Å². The fourth-order valence-corrected chi connectivity index (χ4v) is 4.52. The third-order valence-corrected chi connectivity index (χ3v) is 6.24. The summed E-state index contributed by atoms with van der Waals surface area (Å²) in [4.78, 5) is 19.6. The maximum atomic E-state index is 12.8. The van der Waals surface area contributed by atoms with Gasteiger partial charge in [-0.2, -0.15) is 0 Å². The minimum Gasteiger partial charge on any atom is -0.378 e. The number of hydrogen-bond acceptors (Lipinski definition) is 4. The summed E-state index contributed by atoms with van der Waals surface area (Å²) in [5, 5.41) is 9.70. The van der Waals surface area contributed by atoms with Crippen molar-refractivity contribution >= 4 is 5.91 Å². The van der Waals surface area contributed by atoms with Crippen molar-refractivity contribution in [1.82, 2.24) is 14.7 Å². The molecule has 1 aliphatic carbocycles. The summed E-state index contributed by atoms with van der Waals surface area (Å²) in [6.07, 6.45) is 0. The average molecular weight is 382 g/mol. The standard InChI is InChI=1S/C23H31N3O2/c1-23(2,28)9-8-17-4-6-18(7-5-17)14-25-15-19-20(16-25)21(19)22(27)26-12-10-24(3)11-13-26/h4-7,19-21,28H,10-16H2,1-3H3/t19-,20+,21?. The van der Waals surface area contributed by atoms with Crippen LogP contribution in [0.3, 0.4) is 0 Å². The van der Waals surface area contributed by atoms with Crippen LogP contribution in [-0.2, 0) is 11.3 Å². The molecule has 1 amide bonds. The Hall–Kier alpha value is -1.87. The van der Waals surface area contributed by atoms with E-state index in [1.807, 2.05) is 12.1 Å². The van der Waals surface area contributed by atoms with E-state index >= 15 is 0 Å². The van der Waals surface area contributed by atoms with E-state index in [2.05, 4.69) is 45.7 Å². The number of aliphatic hydroxyl groups is 1. The minimum absolute atomic E-state index is 0.277. The van der Waals surface area contributed by atoms with Crippen LogP contribution < -0.4 is 0 Å². The first-order valence-electron chi connectivity index (χ1n) is 10.3. The van der Waals surface area contributed by atoms with Gasteiger partial charge in [-0.15, -0.1) is 0 Å². The molecule has 1 aromatic rings. The van der Waals surface area contributed by atoms with Gasteiger partial charge in [-0.1, -0.05) is 24.0 Å². The molecule has 150 valence electrons. The molecule has 5 heteroatoms. The van der Waals surface area contributed by atoms with Gasteiger partial charge in [0.25, 0.3) is 0 Å². The summed E-state index contributed by atoms with van der Waals surface area (Å²) in [5.41, 5.74) is 1.23. The molecule has 2 saturated heterocycles. The molecule has 3 fully saturated rings. The van der Waals surface area contributed by atoms with E-state index in [0.29, 0.717) is 17.7 Å². The van der Waals surface area contributed by atoms with Gasteiger partial charge in [0.1, 0.15) is 5.60 Å². The Kier molecular flexibility index (Phi) is 5.22. The Balaban J connectivity index is 1.26. The summed E-state index contributed by atoms with van der Waals surface area (Å²) < 4.78 is 0. The van der Waals surface area contributed by atoms with Crippen molar-refractivity contribution in [3.63, 3.8) is 0 Å². The number of benzene rings is 1. The van der Waals surface area contributed by atoms with E-state index in [4.69, 9.17) is 0 Å². The molecule has 4 rings (SSSR count). The number of rotatable bonds is 3. The van der Waals surface area contributed by atoms with E-state index in [9.17, 15) is 9.90 Å². The van der Waals surface area contributed by atoms with Crippen LogP contribution >= 0.6 is 0 Å². The van der Waals surface area contributed by atoms with Crippen LogP contribution in [0.15, 0.2) is 24.3 Å². The van der Waals surface area contributed by atoms with Crippen molar-refractivity contribution in [3.8, 4) is 11.8 Å². The smallest absolute Gasteiger partial charge is 0.226 e. The van der Waals surface area contributed by atoms with E-state index in [0.717, 1.165) is 51.4 Å². The molecule has 2 aliphatic heterocycles. The van der Waals surface area contributed by atoms with E-state index < -0.39 is 5.60 Å². The molecule has 3 atom stereocenters. The van der Waals surface area contributed by atoms with E-state index in [1.54, 1.807) is 13.8 Å². The highest BCUT2D eigenvalue weighted by Crippen LogP contribution is 2.52. The van der Waals surface area contributed by atoms with Gasteiger partial charge in [0.15, 0.2) is 0 Å². The fourth-order valence-electron chi connectivity index (χ4n) is 4.52. The zero-order chi connectivity index (χ0) is 19.9. The van der Waals surface area contributed by atoms with Crippen molar-refractivity contribution in [1.29, 1.82) is 0 Å². The number of nitrogens with zero attached hydrogens (tertiary/aromatic N) is 3. The van der Waals surface area contributed by atoms with E-state index in [-0.39, 0.29) is 5.92 Å². The quantitative estimate of drug-likeness (QED) is 0.801. The molecule has 28 heavy (non-hydrogen) atoms. The van der Waals surface area contributed by atoms with Gasteiger partial charge in [-0.3, -0.25) is 9.69 Å². The molecule has 1 unspecified atom stereocenters. The topological polar surface area (TPSA) is 47.0 Å². The summed E-state index contributed by atoms with van der Waals surface area (Å²) in [7, 11) is 2.12. The molecule has 1 saturated carbocycles. The van der Waals surface area contributed by atoms with Crippen LogP contribution in [0.2, 0.25) is 0 Å². The van der Waals surface area contributed by atoms with Crippen molar-refractivity contribution in [2.24, 2.45) is 17.8 Å². The van der Waals surface area contributed by atoms with Crippen LogP contribution in [0.1, 0.15) is 25.0 Å². The number of amides is 1. The second kappa shape index (κ2) is 7.51. The van der Waals surface area contributed by atoms with Crippen molar-refractivity contribution in [2.45, 2.75) is 26.0 Å². The molecule has 0 bridgehead atoms. The Labute approximate surface area is 168 Å². The summed E-state index contributed by atoms with van der Waals surface area (Å²) in [6, 6.07) is 8.27. The molecule has 2 heterocycles. The largest absolute Gasteiger partial charge is 0.378 e. The van der Waals surface area contributed by atoms with Crippen LogP contribution in [0.5, 0.6) is 0 Å². The Morgan fingerprint density at radius 3 is 2.29 bits per heavy atom. The predicted octanol–water partition coefficient (Wildman–Crippen LogP) is 1.26. The molecule has 5 nitrogen and oxygen atoms in total. The van der Waals surface area contributed by atoms with Crippen LogP contribution in [0, 0.1) is 29.6 Å². The van der Waals surface area contributed by atoms with Gasteiger partial charge >= 0.3 is 0 Å². The van der Waals surface area contributed by atoms with Crippen LogP contribution in [0.4, 0.5) is 0 Å². The number of carbonyl (C=O) groups excluding carboxylic acids is 1. The zero-order valence-corrected chi connectivity index (χ0v) is 17.2. The highest BCUT2D eigenvalue weighted by molar-refractivity contribution is 5.82. The third kappa shape index (κ3) is 4.41. The first kappa shape index (κ1) is 19.4. The van der Waals surface area contributed by atoms with Crippen LogP contribution in [-0.4, -0.2) is 77.6 Å². The number of fused-ring (bicyclic) bond motifs is 1. The normalized spacial score (nSPS) is 27.9. The van der Waals surface area contributed by atoms with Crippen molar-refractivity contribution in [2.75, 3.05) is 46.3 Å². The highest BCUT2D eigenvalue weighted by Gasteiger charge is 2.60. The maximum absolute atomic E-state index is 12.8. The third-order valence-electron chi connectivity index (χ3n) is 6.24. The first-order chi connectivity index (χ1) is 13.3. The van der Waals surface area contributed by atoms with Crippen molar-refractivity contribution in [3.05, 3.63) is 35.4 Å². The number of piperazine rings is 1. The van der Waals surface area contributed by atoms with Gasteiger partial charge in [0.05, 0.1) is 0 Å². The molecular weight excluding hydrogens is 350 g/mol. The maximum Gasteiger partial charge on any atom is 0.226 e. The molecule has 0 spiro atoms. The summed E-state index contributed by atoms with van der Waals surface area (Å²) in [5.74, 6) is 7.65. The highest BCUT2D eigenvalue weighted by atomic mass is 16.3. The average Bonchev–Trinajstić information content (AvgIpc) is 3.15. The van der Waals surface area contributed by atoms with Crippen molar-refractivity contribution < 1.29 is 9.90 Å². The first-order valence-corrected chi connectivity index (χ1v) is 10.3. The summed E-state index contributed by atoms with van der Waals surface area (Å²) >= 11 is 0. The van der Waals surface area contributed by atoms with Gasteiger partial charge in [-0.05, 0) is 50.4 Å². The molecule has 1 N–H and O–H groups in total. The minimum atomic E-state index is -0.965. The Morgan fingerprint density at radius 1 is 1.11 bits per heavy atom. The van der Waals surface area contributed by atoms with Crippen LogP contribution in [0.25, 0.3) is 0 Å². The van der Waals surface area contributed by atoms with Gasteiger partial charge < -0.3 is 14.9 Å². The molecule has 3 aliphatic rings. The molecular formula is C23H31N3O2. The lowest BCUT2D eigenvalue weighted by Gasteiger charge is -2.33. The number of hydrogen-bond donors (Lipinski definition) is 1. The molecule has 1 aromatic carbocycles. The number of likely N-dealkylation sites (N-methyl/N-ethyl adjacent to an activating group) is 1. The van der Waals surface area contributed by atoms with Gasteiger partial charge in [0, 0.05) is 57.3 Å². The lowest BCUT2D eigenvalue weighted by atomic mass is 10.1. The SMILES string of the molecule is CN1CCN(C(=O)C2[C@H]3CN(Cc4ccc(C#CC(C)(C)O)cc4)C[C@@H]23)CC1. The molecule has 0 radical (unpaired) electrons. The lowest BCUT2D eigenvalue weighted by molar-refractivity contribution is -0.135. The van der Waals surface area contributed by atoms with Gasteiger partial charge in [-0.25, -0.2) is 0 Å². The second-order valence-corrected chi connectivity index (χ2v) is 9.18. The Morgan fingerprint density at radius 2 is 1.71 bits per heavy atom. The molecule has 0 aromatic heterocycles. The van der Waals surface area contributed by atoms with Gasteiger partial charge in [0.2, 0.25) is 5.91 Å². The number of carbonyl (C=O) groups is 1. The zero-order valence-electron chi connectivity index (χ0n) is 17.2. The second-order valence-electron chi connectivity index (χ2n) is 9.18. The number of likely N-dealkylation sites (tertiary alicyclic amines) is 1. The summed E-state index contributed by atoms with van der Waals surface area (Å²) in [6.45, 7) is 10.1. The fraction of sp³-hybridized carbons (Fsp3) is 0.609. The number of piperidine rings is 1.